The Morgan fingerprint density at radius 1 is 1.44 bits per heavy atom. The highest BCUT2D eigenvalue weighted by molar-refractivity contribution is 7.89. The second-order valence-electron chi connectivity index (χ2n) is 5.83. The van der Waals surface area contributed by atoms with E-state index in [1.807, 2.05) is 0 Å². The van der Waals surface area contributed by atoms with Gasteiger partial charge in [-0.15, -0.1) is 0 Å². The molecule has 1 aliphatic rings. The van der Waals surface area contributed by atoms with Crippen molar-refractivity contribution in [1.29, 1.82) is 0 Å². The van der Waals surface area contributed by atoms with E-state index >= 15 is 0 Å². The largest absolute Gasteiger partial charge is 0.495 e. The first kappa shape index (κ1) is 17.4. The quantitative estimate of drug-likeness (QED) is 0.545. The Bertz CT molecular complexity index is 904. The number of rotatable bonds is 7. The van der Waals surface area contributed by atoms with Crippen LogP contribution in [0.4, 0.5) is 5.69 Å². The SMILES string of the molecule is COc1cc([N+](=O)[O-])ccc1S(=O)(=O)N(Cc1nccn1C)C1CC1. The van der Waals surface area contributed by atoms with Crippen LogP contribution in [0, 0.1) is 10.1 Å². The van der Waals surface area contributed by atoms with Gasteiger partial charge in [-0.05, 0) is 18.9 Å². The molecule has 134 valence electrons. The maximum absolute atomic E-state index is 13.2. The third kappa shape index (κ3) is 3.35. The molecule has 0 bridgehead atoms. The van der Waals surface area contributed by atoms with E-state index in [-0.39, 0.29) is 28.9 Å². The zero-order valence-corrected chi connectivity index (χ0v) is 14.6. The number of nitrogens with zero attached hydrogens (tertiary/aromatic N) is 4. The molecular weight excluding hydrogens is 348 g/mol. The number of ether oxygens (including phenoxy) is 1. The standard InChI is InChI=1S/C15H18N4O5S/c1-17-8-7-16-15(17)10-18(11-3-4-11)25(22,23)14-6-5-12(19(20)21)9-13(14)24-2/h5-9,11H,3-4,10H2,1-2H3. The van der Waals surface area contributed by atoms with E-state index in [4.69, 9.17) is 4.74 Å². The molecule has 1 aliphatic carbocycles. The van der Waals surface area contributed by atoms with Gasteiger partial charge in [-0.3, -0.25) is 10.1 Å². The lowest BCUT2D eigenvalue weighted by atomic mass is 10.3. The first-order valence-electron chi connectivity index (χ1n) is 7.65. The molecule has 1 saturated carbocycles. The van der Waals surface area contributed by atoms with E-state index in [1.54, 1.807) is 24.0 Å². The molecular formula is C15H18N4O5S. The van der Waals surface area contributed by atoms with Crippen LogP contribution in [0.2, 0.25) is 0 Å². The van der Waals surface area contributed by atoms with Crippen molar-refractivity contribution in [3.63, 3.8) is 0 Å². The number of hydrogen-bond acceptors (Lipinski definition) is 6. The van der Waals surface area contributed by atoms with Crippen molar-refractivity contribution >= 4 is 15.7 Å². The minimum absolute atomic E-state index is 0.0420. The average Bonchev–Trinajstić information content (AvgIpc) is 3.34. The molecule has 10 heteroatoms. The van der Waals surface area contributed by atoms with Gasteiger partial charge in [0.1, 0.15) is 16.5 Å². The van der Waals surface area contributed by atoms with Crippen molar-refractivity contribution in [3.05, 3.63) is 46.5 Å². The second-order valence-corrected chi connectivity index (χ2v) is 7.69. The van der Waals surface area contributed by atoms with Crippen molar-refractivity contribution in [2.24, 2.45) is 7.05 Å². The summed E-state index contributed by atoms with van der Waals surface area (Å²) >= 11 is 0. The summed E-state index contributed by atoms with van der Waals surface area (Å²) < 4.78 is 34.6. The van der Waals surface area contributed by atoms with Crippen LogP contribution in [0.3, 0.4) is 0 Å². The van der Waals surface area contributed by atoms with Crippen LogP contribution < -0.4 is 4.74 Å². The van der Waals surface area contributed by atoms with Crippen LogP contribution in [0.25, 0.3) is 0 Å². The van der Waals surface area contributed by atoms with Crippen LogP contribution in [0.15, 0.2) is 35.5 Å². The van der Waals surface area contributed by atoms with Gasteiger partial charge in [-0.25, -0.2) is 13.4 Å². The van der Waals surface area contributed by atoms with Gasteiger partial charge in [0, 0.05) is 31.5 Å². The van der Waals surface area contributed by atoms with Gasteiger partial charge in [-0.2, -0.15) is 4.31 Å². The molecule has 0 atom stereocenters. The van der Waals surface area contributed by atoms with Crippen molar-refractivity contribution in [1.82, 2.24) is 13.9 Å². The summed E-state index contributed by atoms with van der Waals surface area (Å²) in [5.41, 5.74) is -0.224. The molecule has 0 N–H and O–H groups in total. The van der Waals surface area contributed by atoms with Crippen molar-refractivity contribution < 1.29 is 18.1 Å². The number of imidazole rings is 1. The molecule has 1 aromatic heterocycles. The first-order valence-corrected chi connectivity index (χ1v) is 9.09. The molecule has 9 nitrogen and oxygen atoms in total. The number of benzene rings is 1. The predicted molar refractivity (Wildman–Crippen MR) is 88.6 cm³/mol. The molecule has 0 saturated heterocycles. The lowest BCUT2D eigenvalue weighted by molar-refractivity contribution is -0.385. The molecule has 0 unspecified atom stereocenters. The molecule has 1 heterocycles. The summed E-state index contributed by atoms with van der Waals surface area (Å²) in [4.78, 5) is 14.4. The highest BCUT2D eigenvalue weighted by Gasteiger charge is 2.40. The Hall–Kier alpha value is -2.46. The number of sulfonamides is 1. The smallest absolute Gasteiger partial charge is 0.273 e. The van der Waals surface area contributed by atoms with Crippen molar-refractivity contribution in [2.45, 2.75) is 30.3 Å². The van der Waals surface area contributed by atoms with Gasteiger partial charge in [0.05, 0.1) is 24.6 Å². The predicted octanol–water partition coefficient (Wildman–Crippen LogP) is 1.69. The van der Waals surface area contributed by atoms with Gasteiger partial charge >= 0.3 is 0 Å². The summed E-state index contributed by atoms with van der Waals surface area (Å²) in [6, 6.07) is 3.42. The van der Waals surface area contributed by atoms with E-state index in [0.717, 1.165) is 18.9 Å². The summed E-state index contributed by atoms with van der Waals surface area (Å²) in [5, 5.41) is 10.9. The second kappa shape index (κ2) is 6.45. The summed E-state index contributed by atoms with van der Waals surface area (Å²) in [6.45, 7) is 0.136. The Kier molecular flexibility index (Phi) is 4.48. The maximum Gasteiger partial charge on any atom is 0.273 e. The number of aryl methyl sites for hydroxylation is 1. The average molecular weight is 366 g/mol. The zero-order chi connectivity index (χ0) is 18.2. The fraction of sp³-hybridized carbons (Fsp3) is 0.400. The van der Waals surface area contributed by atoms with E-state index < -0.39 is 14.9 Å². The van der Waals surface area contributed by atoms with Gasteiger partial charge in [-0.1, -0.05) is 0 Å². The van der Waals surface area contributed by atoms with Crippen LogP contribution in [0.1, 0.15) is 18.7 Å². The lowest BCUT2D eigenvalue weighted by Crippen LogP contribution is -2.33. The van der Waals surface area contributed by atoms with E-state index in [1.165, 1.54) is 23.5 Å². The lowest BCUT2D eigenvalue weighted by Gasteiger charge is -2.22. The Morgan fingerprint density at radius 3 is 2.68 bits per heavy atom. The number of aromatic nitrogens is 2. The van der Waals surface area contributed by atoms with Gasteiger partial charge in [0.25, 0.3) is 5.69 Å². The topological polar surface area (TPSA) is 108 Å². The monoisotopic (exact) mass is 366 g/mol. The maximum atomic E-state index is 13.2. The molecule has 1 fully saturated rings. The fourth-order valence-corrected chi connectivity index (χ4v) is 4.35. The molecule has 0 spiro atoms. The van der Waals surface area contributed by atoms with E-state index in [2.05, 4.69) is 4.98 Å². The minimum atomic E-state index is -3.88. The Labute approximate surface area is 145 Å². The number of hydrogen-bond donors (Lipinski definition) is 0. The zero-order valence-electron chi connectivity index (χ0n) is 13.8. The summed E-state index contributed by atoms with van der Waals surface area (Å²) in [6.07, 6.45) is 4.91. The first-order chi connectivity index (χ1) is 11.8. The van der Waals surface area contributed by atoms with Gasteiger partial charge in [0.2, 0.25) is 10.0 Å². The fourth-order valence-electron chi connectivity index (χ4n) is 2.57. The molecule has 0 amide bonds. The summed E-state index contributed by atoms with van der Waals surface area (Å²) in [5.74, 6) is 0.580. The van der Waals surface area contributed by atoms with Crippen LogP contribution in [-0.4, -0.2) is 40.3 Å². The minimum Gasteiger partial charge on any atom is -0.495 e. The Balaban J connectivity index is 2.01. The normalized spacial score (nSPS) is 14.7. The van der Waals surface area contributed by atoms with Crippen molar-refractivity contribution in [3.8, 4) is 5.75 Å². The van der Waals surface area contributed by atoms with Crippen LogP contribution in [0.5, 0.6) is 5.75 Å². The van der Waals surface area contributed by atoms with Crippen molar-refractivity contribution in [2.75, 3.05) is 7.11 Å². The number of nitro groups is 1. The van der Waals surface area contributed by atoms with E-state index in [9.17, 15) is 18.5 Å². The molecule has 2 aromatic rings. The highest BCUT2D eigenvalue weighted by Crippen LogP contribution is 2.37. The third-order valence-corrected chi connectivity index (χ3v) is 6.05. The van der Waals surface area contributed by atoms with Crippen LogP contribution >= 0.6 is 0 Å². The van der Waals surface area contributed by atoms with E-state index in [0.29, 0.717) is 5.82 Å². The third-order valence-electron chi connectivity index (χ3n) is 4.12. The number of nitro benzene ring substituents is 1. The number of methoxy groups -OCH3 is 1. The molecule has 25 heavy (non-hydrogen) atoms. The molecule has 3 rings (SSSR count). The van der Waals surface area contributed by atoms with Crippen LogP contribution in [-0.2, 0) is 23.6 Å². The van der Waals surface area contributed by atoms with Gasteiger partial charge in [0.15, 0.2) is 0 Å². The molecule has 0 aliphatic heterocycles. The number of non-ortho nitro benzene ring substituents is 1. The summed E-state index contributed by atoms with van der Waals surface area (Å²) in [7, 11) is -0.795. The molecule has 0 radical (unpaired) electrons. The highest BCUT2D eigenvalue weighted by atomic mass is 32.2. The Morgan fingerprint density at radius 2 is 2.16 bits per heavy atom. The van der Waals surface area contributed by atoms with Gasteiger partial charge < -0.3 is 9.30 Å². The molecule has 1 aromatic carbocycles.